The molecule has 9 heteroatoms. The fourth-order valence-electron chi connectivity index (χ4n) is 3.04. The highest BCUT2D eigenvalue weighted by atomic mass is 32.2. The van der Waals surface area contributed by atoms with Crippen molar-refractivity contribution < 1.29 is 12.8 Å². The third-order valence-corrected chi connectivity index (χ3v) is 5.21. The van der Waals surface area contributed by atoms with Gasteiger partial charge in [-0.2, -0.15) is 5.10 Å². The van der Waals surface area contributed by atoms with Crippen LogP contribution in [0.5, 0.6) is 0 Å². The van der Waals surface area contributed by atoms with E-state index < -0.39 is 9.84 Å². The van der Waals surface area contributed by atoms with Crippen molar-refractivity contribution in [2.75, 3.05) is 6.26 Å². The first-order chi connectivity index (χ1) is 13.8. The summed E-state index contributed by atoms with van der Waals surface area (Å²) in [5.41, 5.74) is 2.80. The third kappa shape index (κ3) is 3.86. The summed E-state index contributed by atoms with van der Waals surface area (Å²) in [6.45, 7) is 2.81. The molecule has 29 heavy (non-hydrogen) atoms. The van der Waals surface area contributed by atoms with Crippen LogP contribution in [0.15, 0.2) is 53.9 Å². The molecule has 0 saturated carbocycles. The number of nitrogens with zero attached hydrogens (tertiary/aromatic N) is 5. The molecule has 0 bridgehead atoms. The molecule has 0 atom stereocenters. The Hall–Kier alpha value is -3.20. The highest BCUT2D eigenvalue weighted by molar-refractivity contribution is 7.90. The Kier molecular flexibility index (Phi) is 4.83. The molecule has 0 saturated heterocycles. The van der Waals surface area contributed by atoms with E-state index >= 15 is 0 Å². The number of hydrogen-bond acceptors (Lipinski definition) is 6. The summed E-state index contributed by atoms with van der Waals surface area (Å²) < 4.78 is 39.0. The molecule has 3 heterocycles. The van der Waals surface area contributed by atoms with Gasteiger partial charge in [-0.05, 0) is 42.8 Å². The van der Waals surface area contributed by atoms with E-state index in [1.54, 1.807) is 18.2 Å². The molecule has 0 N–H and O–H groups in total. The highest BCUT2D eigenvalue weighted by Crippen LogP contribution is 2.32. The van der Waals surface area contributed by atoms with Gasteiger partial charge in [0.05, 0.1) is 11.4 Å². The van der Waals surface area contributed by atoms with Crippen LogP contribution in [0.4, 0.5) is 4.39 Å². The lowest BCUT2D eigenvalue weighted by Crippen LogP contribution is -2.04. The Bertz CT molecular complexity index is 1300. The first kappa shape index (κ1) is 19.1. The zero-order chi connectivity index (χ0) is 20.6. The summed E-state index contributed by atoms with van der Waals surface area (Å²) in [5.74, 6) is -0.356. The topological polar surface area (TPSA) is 90.6 Å². The van der Waals surface area contributed by atoms with Crippen LogP contribution in [0.2, 0.25) is 0 Å². The van der Waals surface area contributed by atoms with Gasteiger partial charge in [0.25, 0.3) is 0 Å². The summed E-state index contributed by atoms with van der Waals surface area (Å²) in [5, 5.41) is 5.04. The molecule has 1 aromatic carbocycles. The molecule has 7 nitrogen and oxygen atoms in total. The van der Waals surface area contributed by atoms with Crippen LogP contribution in [0.1, 0.15) is 13.3 Å². The van der Waals surface area contributed by atoms with E-state index in [0.29, 0.717) is 28.2 Å². The second kappa shape index (κ2) is 7.32. The molecule has 0 radical (unpaired) electrons. The van der Waals surface area contributed by atoms with Crippen molar-refractivity contribution in [2.24, 2.45) is 0 Å². The van der Waals surface area contributed by atoms with Gasteiger partial charge in [-0.15, -0.1) is 0 Å². The van der Waals surface area contributed by atoms with E-state index in [1.807, 2.05) is 16.9 Å². The SMILES string of the molecule is CCCn1cc2cc(-c3ccnc(S(C)(=O)=O)n3)c(-c3ccc(F)cc3)nc2n1. The van der Waals surface area contributed by atoms with E-state index in [2.05, 4.69) is 27.0 Å². The van der Waals surface area contributed by atoms with Gasteiger partial charge in [-0.1, -0.05) is 6.92 Å². The number of benzene rings is 1. The van der Waals surface area contributed by atoms with Crippen LogP contribution in [0.3, 0.4) is 0 Å². The standard InChI is InChI=1S/C20H18FN5O2S/c1-3-10-26-12-14-11-16(17-8-9-22-20(23-17)29(2,27)28)18(24-19(14)25-26)13-4-6-15(21)7-5-13/h4-9,11-12H,3,10H2,1-2H3. The average molecular weight is 411 g/mol. The average Bonchev–Trinajstić information content (AvgIpc) is 3.09. The van der Waals surface area contributed by atoms with Crippen LogP contribution in [0, 0.1) is 5.82 Å². The molecule has 0 amide bonds. The molecule has 3 aromatic heterocycles. The Morgan fingerprint density at radius 1 is 1.10 bits per heavy atom. The minimum absolute atomic E-state index is 0.262. The predicted octanol–water partition coefficient (Wildman–Crippen LogP) is 3.51. The largest absolute Gasteiger partial charge is 0.270 e. The number of hydrogen-bond donors (Lipinski definition) is 0. The van der Waals surface area contributed by atoms with E-state index in [9.17, 15) is 12.8 Å². The van der Waals surface area contributed by atoms with Gasteiger partial charge in [-0.25, -0.2) is 27.8 Å². The van der Waals surface area contributed by atoms with Crippen molar-refractivity contribution in [3.05, 3.63) is 54.6 Å². The predicted molar refractivity (Wildman–Crippen MR) is 107 cm³/mol. The fraction of sp³-hybridized carbons (Fsp3) is 0.200. The van der Waals surface area contributed by atoms with Gasteiger partial charge >= 0.3 is 0 Å². The summed E-state index contributed by atoms with van der Waals surface area (Å²) in [6, 6.07) is 9.43. The van der Waals surface area contributed by atoms with Crippen LogP contribution in [0.25, 0.3) is 33.5 Å². The van der Waals surface area contributed by atoms with E-state index in [4.69, 9.17) is 0 Å². The first-order valence-electron chi connectivity index (χ1n) is 9.03. The lowest BCUT2D eigenvalue weighted by atomic mass is 10.0. The lowest BCUT2D eigenvalue weighted by molar-refractivity contribution is 0.593. The maximum Gasteiger partial charge on any atom is 0.247 e. The molecule has 4 rings (SSSR count). The molecule has 0 unspecified atom stereocenters. The maximum atomic E-state index is 13.4. The molecule has 0 aliphatic rings. The Labute approximate surface area is 167 Å². The van der Waals surface area contributed by atoms with Crippen molar-refractivity contribution in [3.63, 3.8) is 0 Å². The van der Waals surface area contributed by atoms with Gasteiger partial charge in [0, 0.05) is 41.7 Å². The summed E-state index contributed by atoms with van der Waals surface area (Å²) in [6.07, 6.45) is 5.28. The minimum atomic E-state index is -3.57. The summed E-state index contributed by atoms with van der Waals surface area (Å²) in [7, 11) is -3.57. The summed E-state index contributed by atoms with van der Waals surface area (Å²) in [4.78, 5) is 12.8. The van der Waals surface area contributed by atoms with E-state index in [1.165, 1.54) is 18.3 Å². The Balaban J connectivity index is 1.97. The van der Waals surface area contributed by atoms with Gasteiger partial charge in [0.15, 0.2) is 5.65 Å². The van der Waals surface area contributed by atoms with Gasteiger partial charge < -0.3 is 0 Å². The quantitative estimate of drug-likeness (QED) is 0.467. The zero-order valence-electron chi connectivity index (χ0n) is 15.9. The number of pyridine rings is 1. The van der Waals surface area contributed by atoms with Crippen molar-refractivity contribution in [2.45, 2.75) is 25.0 Å². The van der Waals surface area contributed by atoms with Gasteiger partial charge in [0.1, 0.15) is 5.82 Å². The number of sulfone groups is 1. The number of rotatable bonds is 5. The van der Waals surface area contributed by atoms with E-state index in [0.717, 1.165) is 24.6 Å². The highest BCUT2D eigenvalue weighted by Gasteiger charge is 2.18. The van der Waals surface area contributed by atoms with E-state index in [-0.39, 0.29) is 11.0 Å². The molecule has 4 aromatic rings. The van der Waals surface area contributed by atoms with Gasteiger partial charge in [0.2, 0.25) is 15.0 Å². The second-order valence-corrected chi connectivity index (χ2v) is 8.60. The smallest absolute Gasteiger partial charge is 0.247 e. The minimum Gasteiger partial charge on any atom is -0.270 e. The van der Waals surface area contributed by atoms with Crippen molar-refractivity contribution in [1.82, 2.24) is 24.7 Å². The number of halogens is 1. The molecule has 0 fully saturated rings. The van der Waals surface area contributed by atoms with Crippen molar-refractivity contribution in [1.29, 1.82) is 0 Å². The van der Waals surface area contributed by atoms with Crippen molar-refractivity contribution >= 4 is 20.9 Å². The molecule has 148 valence electrons. The van der Waals surface area contributed by atoms with Crippen LogP contribution >= 0.6 is 0 Å². The van der Waals surface area contributed by atoms with Crippen molar-refractivity contribution in [3.8, 4) is 22.5 Å². The number of aromatic nitrogens is 5. The van der Waals surface area contributed by atoms with Crippen LogP contribution in [-0.4, -0.2) is 39.4 Å². The molecule has 0 aliphatic carbocycles. The summed E-state index contributed by atoms with van der Waals surface area (Å²) >= 11 is 0. The maximum absolute atomic E-state index is 13.4. The normalized spacial score (nSPS) is 11.8. The number of fused-ring (bicyclic) bond motifs is 1. The van der Waals surface area contributed by atoms with Crippen LogP contribution < -0.4 is 0 Å². The molecule has 0 aliphatic heterocycles. The molecular formula is C20H18FN5O2S. The molecule has 0 spiro atoms. The third-order valence-electron chi connectivity index (χ3n) is 4.35. The van der Waals surface area contributed by atoms with Gasteiger partial charge in [-0.3, -0.25) is 4.68 Å². The fourth-order valence-corrected chi connectivity index (χ4v) is 3.56. The zero-order valence-corrected chi connectivity index (χ0v) is 16.7. The Morgan fingerprint density at radius 2 is 1.86 bits per heavy atom. The monoisotopic (exact) mass is 411 g/mol. The lowest BCUT2D eigenvalue weighted by Gasteiger charge is -2.09. The van der Waals surface area contributed by atoms with Crippen LogP contribution in [-0.2, 0) is 16.4 Å². The second-order valence-electron chi connectivity index (χ2n) is 6.69. The number of aryl methyl sites for hydroxylation is 1. The molecular weight excluding hydrogens is 393 g/mol. The Morgan fingerprint density at radius 3 is 2.55 bits per heavy atom. The first-order valence-corrected chi connectivity index (χ1v) is 10.9.